The van der Waals surface area contributed by atoms with Crippen LogP contribution in [0.15, 0.2) is 46.9 Å². The number of nitrogens with one attached hydrogen (secondary N) is 1. The Morgan fingerprint density at radius 2 is 1.82 bits per heavy atom. The summed E-state index contributed by atoms with van der Waals surface area (Å²) in [5.41, 5.74) is 1.94. The third-order valence-electron chi connectivity index (χ3n) is 5.52. The van der Waals surface area contributed by atoms with Crippen LogP contribution in [0, 0.1) is 5.92 Å². The van der Waals surface area contributed by atoms with Crippen molar-refractivity contribution in [2.45, 2.75) is 66.0 Å². The Morgan fingerprint density at radius 1 is 1.15 bits per heavy atom. The molecule has 1 unspecified atom stereocenters. The predicted octanol–water partition coefficient (Wildman–Crippen LogP) is 6.36. The quantitative estimate of drug-likeness (QED) is 0.374. The molecular formula is C27H36BrClN2O3. The largest absolute Gasteiger partial charge is 0.483 e. The summed E-state index contributed by atoms with van der Waals surface area (Å²) < 4.78 is 6.67. The Bertz CT molecular complexity index is 988. The van der Waals surface area contributed by atoms with Crippen molar-refractivity contribution in [1.29, 1.82) is 0 Å². The first-order valence-corrected chi connectivity index (χ1v) is 12.8. The first kappa shape index (κ1) is 28.2. The van der Waals surface area contributed by atoms with E-state index in [1.807, 2.05) is 57.2 Å². The summed E-state index contributed by atoms with van der Waals surface area (Å²) in [6.07, 6.45) is 0.476. The van der Waals surface area contributed by atoms with Crippen LogP contribution in [0.25, 0.3) is 0 Å². The molecule has 7 heteroatoms. The second kappa shape index (κ2) is 12.6. The molecular weight excluding hydrogens is 516 g/mol. The molecule has 34 heavy (non-hydrogen) atoms. The Labute approximate surface area is 217 Å². The molecule has 2 amide bonds. The van der Waals surface area contributed by atoms with Gasteiger partial charge in [0.15, 0.2) is 6.61 Å². The van der Waals surface area contributed by atoms with Crippen molar-refractivity contribution in [3.8, 4) is 5.75 Å². The molecule has 0 aliphatic rings. The summed E-state index contributed by atoms with van der Waals surface area (Å²) in [4.78, 5) is 27.9. The highest BCUT2D eigenvalue weighted by atomic mass is 79.9. The minimum absolute atomic E-state index is 0.000313. The molecule has 0 aliphatic heterocycles. The van der Waals surface area contributed by atoms with E-state index in [-0.39, 0.29) is 30.4 Å². The minimum atomic E-state index is -0.627. The number of rotatable bonds is 10. The first-order valence-electron chi connectivity index (χ1n) is 11.7. The van der Waals surface area contributed by atoms with Crippen LogP contribution in [-0.4, -0.2) is 35.9 Å². The fraction of sp³-hybridized carbons (Fsp3) is 0.481. The summed E-state index contributed by atoms with van der Waals surface area (Å²) in [5.74, 6) is 0.438. The van der Waals surface area contributed by atoms with Gasteiger partial charge in [0.2, 0.25) is 5.91 Å². The first-order chi connectivity index (χ1) is 15.9. The fourth-order valence-corrected chi connectivity index (χ4v) is 4.15. The van der Waals surface area contributed by atoms with Gasteiger partial charge in [0, 0.05) is 18.1 Å². The van der Waals surface area contributed by atoms with Crippen LogP contribution in [0.4, 0.5) is 0 Å². The van der Waals surface area contributed by atoms with E-state index >= 15 is 0 Å². The van der Waals surface area contributed by atoms with E-state index in [4.69, 9.17) is 16.3 Å². The van der Waals surface area contributed by atoms with Gasteiger partial charge in [0.1, 0.15) is 11.8 Å². The zero-order valence-electron chi connectivity index (χ0n) is 21.0. The van der Waals surface area contributed by atoms with Crippen molar-refractivity contribution in [2.24, 2.45) is 5.92 Å². The van der Waals surface area contributed by atoms with Crippen molar-refractivity contribution in [3.05, 3.63) is 63.1 Å². The highest BCUT2D eigenvalue weighted by Crippen LogP contribution is 2.31. The summed E-state index contributed by atoms with van der Waals surface area (Å²) in [7, 11) is 0. The number of benzene rings is 2. The molecule has 0 radical (unpaired) electrons. The second-order valence-electron chi connectivity index (χ2n) is 9.86. The molecule has 1 N–H and O–H groups in total. The number of hydrogen-bond acceptors (Lipinski definition) is 3. The molecule has 5 nitrogen and oxygen atoms in total. The number of halogens is 2. The Kier molecular flexibility index (Phi) is 10.4. The van der Waals surface area contributed by atoms with Crippen LogP contribution in [0.5, 0.6) is 5.75 Å². The molecule has 2 aromatic carbocycles. The SMILES string of the molecule is CCC(C(=O)NCC(C)C)N(Cc1ccccc1Cl)C(=O)COc1ccc(C(C)(C)C)cc1Br. The third-order valence-corrected chi connectivity index (χ3v) is 6.51. The number of ether oxygens (including phenoxy) is 1. The number of nitrogens with zero attached hydrogens (tertiary/aromatic N) is 1. The van der Waals surface area contributed by atoms with E-state index in [1.54, 1.807) is 11.0 Å². The maximum Gasteiger partial charge on any atom is 0.261 e. The van der Waals surface area contributed by atoms with Crippen molar-refractivity contribution in [1.82, 2.24) is 10.2 Å². The van der Waals surface area contributed by atoms with Crippen molar-refractivity contribution >= 4 is 39.3 Å². The molecule has 0 aromatic heterocycles. The van der Waals surface area contributed by atoms with Crippen LogP contribution < -0.4 is 10.1 Å². The van der Waals surface area contributed by atoms with Crippen LogP contribution in [0.1, 0.15) is 59.1 Å². The average molecular weight is 552 g/mol. The van der Waals surface area contributed by atoms with Gasteiger partial charge in [-0.05, 0) is 63.0 Å². The molecule has 2 rings (SSSR count). The molecule has 0 bridgehead atoms. The van der Waals surface area contributed by atoms with Gasteiger partial charge in [-0.15, -0.1) is 0 Å². The topological polar surface area (TPSA) is 58.6 Å². The van der Waals surface area contributed by atoms with Gasteiger partial charge in [-0.25, -0.2) is 0 Å². The van der Waals surface area contributed by atoms with Gasteiger partial charge < -0.3 is 15.0 Å². The number of amides is 2. The van der Waals surface area contributed by atoms with Crippen molar-refractivity contribution < 1.29 is 14.3 Å². The molecule has 1 atom stereocenters. The predicted molar refractivity (Wildman–Crippen MR) is 142 cm³/mol. The molecule has 0 saturated carbocycles. The third kappa shape index (κ3) is 8.02. The van der Waals surface area contributed by atoms with Crippen LogP contribution in [0.3, 0.4) is 0 Å². The van der Waals surface area contributed by atoms with Crippen molar-refractivity contribution in [2.75, 3.05) is 13.2 Å². The highest BCUT2D eigenvalue weighted by Gasteiger charge is 2.29. The van der Waals surface area contributed by atoms with E-state index in [1.165, 1.54) is 0 Å². The van der Waals surface area contributed by atoms with E-state index in [2.05, 4.69) is 42.0 Å². The van der Waals surface area contributed by atoms with Crippen LogP contribution in [0.2, 0.25) is 5.02 Å². The standard InChI is InChI=1S/C27H36BrClN2O3/c1-7-23(26(33)30-15-18(2)3)31(16-19-10-8-9-11-22(19)29)25(32)17-34-24-13-12-20(14-21(24)28)27(4,5)6/h8-14,18,23H,7,15-17H2,1-6H3,(H,30,33). The number of hydrogen-bond donors (Lipinski definition) is 1. The molecule has 0 aliphatic carbocycles. The van der Waals surface area contributed by atoms with Gasteiger partial charge in [0.05, 0.1) is 4.47 Å². The van der Waals surface area contributed by atoms with Crippen molar-refractivity contribution in [3.63, 3.8) is 0 Å². The zero-order chi connectivity index (χ0) is 25.5. The normalized spacial score (nSPS) is 12.4. The minimum Gasteiger partial charge on any atom is -0.483 e. The zero-order valence-corrected chi connectivity index (χ0v) is 23.3. The van der Waals surface area contributed by atoms with Gasteiger partial charge in [0.25, 0.3) is 5.91 Å². The van der Waals surface area contributed by atoms with Gasteiger partial charge in [-0.2, -0.15) is 0 Å². The van der Waals surface area contributed by atoms with E-state index in [9.17, 15) is 9.59 Å². The number of carbonyl (C=O) groups is 2. The van der Waals surface area contributed by atoms with Gasteiger partial charge in [-0.3, -0.25) is 9.59 Å². The molecule has 0 saturated heterocycles. The summed E-state index contributed by atoms with van der Waals surface area (Å²) in [5, 5.41) is 3.51. The summed E-state index contributed by atoms with van der Waals surface area (Å²) >= 11 is 9.93. The summed E-state index contributed by atoms with van der Waals surface area (Å²) in [6, 6.07) is 12.6. The Morgan fingerprint density at radius 3 is 2.38 bits per heavy atom. The second-order valence-corrected chi connectivity index (χ2v) is 11.1. The van der Waals surface area contributed by atoms with E-state index < -0.39 is 6.04 Å². The smallest absolute Gasteiger partial charge is 0.261 e. The molecule has 0 fully saturated rings. The lowest BCUT2D eigenvalue weighted by atomic mass is 9.87. The maximum absolute atomic E-state index is 13.4. The summed E-state index contributed by atoms with van der Waals surface area (Å²) in [6.45, 7) is 13.0. The molecule has 0 heterocycles. The lowest BCUT2D eigenvalue weighted by molar-refractivity contribution is -0.143. The fourth-order valence-electron chi connectivity index (χ4n) is 3.46. The van der Waals surface area contributed by atoms with Crippen LogP contribution in [-0.2, 0) is 21.5 Å². The molecule has 2 aromatic rings. The molecule has 0 spiro atoms. The Balaban J connectivity index is 2.24. The van der Waals surface area contributed by atoms with E-state index in [0.29, 0.717) is 29.7 Å². The van der Waals surface area contributed by atoms with Crippen LogP contribution >= 0.6 is 27.5 Å². The maximum atomic E-state index is 13.4. The van der Waals surface area contributed by atoms with Gasteiger partial charge in [-0.1, -0.05) is 77.4 Å². The lowest BCUT2D eigenvalue weighted by Gasteiger charge is -2.31. The molecule has 186 valence electrons. The van der Waals surface area contributed by atoms with E-state index in [0.717, 1.165) is 15.6 Å². The van der Waals surface area contributed by atoms with Gasteiger partial charge >= 0.3 is 0 Å². The Hall–Kier alpha value is -2.05. The lowest BCUT2D eigenvalue weighted by Crippen LogP contribution is -2.50. The highest BCUT2D eigenvalue weighted by molar-refractivity contribution is 9.10. The number of carbonyl (C=O) groups excluding carboxylic acids is 2. The average Bonchev–Trinajstić information content (AvgIpc) is 2.77. The monoisotopic (exact) mass is 550 g/mol.